The summed E-state index contributed by atoms with van der Waals surface area (Å²) < 4.78 is 5.17. The van der Waals surface area contributed by atoms with E-state index in [1.165, 1.54) is 0 Å². The van der Waals surface area contributed by atoms with E-state index in [2.05, 4.69) is 0 Å². The maximum atomic E-state index is 10.8. The number of nitrogens with zero attached hydrogens (tertiary/aromatic N) is 1. The standard InChI is InChI=1S/C8H11NO2/c9-5-6-11-8-3-1-7(10)2-4-8/h8H,1-4,6H2. The number of nitriles is 1. The highest BCUT2D eigenvalue weighted by atomic mass is 16.5. The quantitative estimate of drug-likeness (QED) is 0.595. The Bertz CT molecular complexity index is 173. The van der Waals surface area contributed by atoms with Crippen molar-refractivity contribution in [3.63, 3.8) is 0 Å². The second-order valence-electron chi connectivity index (χ2n) is 2.71. The highest BCUT2D eigenvalue weighted by Crippen LogP contribution is 2.17. The maximum absolute atomic E-state index is 10.8. The Hall–Kier alpha value is -0.880. The molecule has 3 nitrogen and oxygen atoms in total. The van der Waals surface area contributed by atoms with Gasteiger partial charge >= 0.3 is 0 Å². The molecule has 0 atom stereocenters. The van der Waals surface area contributed by atoms with Gasteiger partial charge in [0.25, 0.3) is 0 Å². The SMILES string of the molecule is N#CCOC1CCC(=O)CC1. The lowest BCUT2D eigenvalue weighted by Gasteiger charge is -2.19. The summed E-state index contributed by atoms with van der Waals surface area (Å²) in [6, 6.07) is 1.92. The van der Waals surface area contributed by atoms with Crippen molar-refractivity contribution in [3.05, 3.63) is 0 Å². The van der Waals surface area contributed by atoms with Gasteiger partial charge in [-0.05, 0) is 12.8 Å². The van der Waals surface area contributed by atoms with Crippen LogP contribution in [0.15, 0.2) is 0 Å². The molecule has 0 amide bonds. The monoisotopic (exact) mass is 153 g/mol. The highest BCUT2D eigenvalue weighted by Gasteiger charge is 2.18. The van der Waals surface area contributed by atoms with E-state index in [-0.39, 0.29) is 12.7 Å². The molecule has 0 aromatic rings. The van der Waals surface area contributed by atoms with Crippen LogP contribution in [0.3, 0.4) is 0 Å². The molecule has 0 N–H and O–H groups in total. The molecule has 0 unspecified atom stereocenters. The van der Waals surface area contributed by atoms with Crippen LogP contribution in [0.5, 0.6) is 0 Å². The summed E-state index contributed by atoms with van der Waals surface area (Å²) in [4.78, 5) is 10.8. The van der Waals surface area contributed by atoms with E-state index in [0.717, 1.165) is 12.8 Å². The number of ether oxygens (including phenoxy) is 1. The average molecular weight is 153 g/mol. The maximum Gasteiger partial charge on any atom is 0.134 e. The van der Waals surface area contributed by atoms with Gasteiger partial charge < -0.3 is 4.74 Å². The Morgan fingerprint density at radius 2 is 2.18 bits per heavy atom. The second kappa shape index (κ2) is 4.09. The first-order chi connectivity index (χ1) is 5.33. The Morgan fingerprint density at radius 1 is 1.55 bits per heavy atom. The topological polar surface area (TPSA) is 50.1 Å². The number of carbonyl (C=O) groups is 1. The van der Waals surface area contributed by atoms with Gasteiger partial charge in [0.15, 0.2) is 0 Å². The van der Waals surface area contributed by atoms with Crippen LogP contribution in [0.4, 0.5) is 0 Å². The molecule has 0 heterocycles. The molecule has 0 spiro atoms. The molecule has 11 heavy (non-hydrogen) atoms. The lowest BCUT2D eigenvalue weighted by atomic mass is 9.97. The number of rotatable bonds is 2. The minimum atomic E-state index is 0.146. The zero-order chi connectivity index (χ0) is 8.10. The van der Waals surface area contributed by atoms with Gasteiger partial charge in [-0.25, -0.2) is 0 Å². The van der Waals surface area contributed by atoms with Crippen LogP contribution in [0.25, 0.3) is 0 Å². The summed E-state index contributed by atoms with van der Waals surface area (Å²) in [6.07, 6.45) is 2.97. The van der Waals surface area contributed by atoms with E-state index in [1.54, 1.807) is 0 Å². The summed E-state index contributed by atoms with van der Waals surface area (Å²) in [5.74, 6) is 0.321. The van der Waals surface area contributed by atoms with Crippen molar-refractivity contribution < 1.29 is 9.53 Å². The Morgan fingerprint density at radius 3 is 2.73 bits per heavy atom. The Balaban J connectivity index is 2.18. The molecule has 0 bridgehead atoms. The number of hydrogen-bond acceptors (Lipinski definition) is 3. The third kappa shape index (κ3) is 2.69. The molecule has 1 fully saturated rings. The van der Waals surface area contributed by atoms with Gasteiger partial charge in [0, 0.05) is 12.8 Å². The Kier molecular flexibility index (Phi) is 3.06. The van der Waals surface area contributed by atoms with Gasteiger partial charge in [0.1, 0.15) is 12.4 Å². The fourth-order valence-corrected chi connectivity index (χ4v) is 1.24. The molecule has 0 aliphatic heterocycles. The van der Waals surface area contributed by atoms with Gasteiger partial charge in [-0.3, -0.25) is 4.79 Å². The number of carbonyl (C=O) groups excluding carboxylic acids is 1. The average Bonchev–Trinajstić information content (AvgIpc) is 2.04. The molecule has 1 aliphatic carbocycles. The highest BCUT2D eigenvalue weighted by molar-refractivity contribution is 5.79. The largest absolute Gasteiger partial charge is 0.363 e. The van der Waals surface area contributed by atoms with Crippen molar-refractivity contribution in [2.45, 2.75) is 31.8 Å². The van der Waals surface area contributed by atoms with Crippen molar-refractivity contribution in [2.24, 2.45) is 0 Å². The molecular weight excluding hydrogens is 142 g/mol. The van der Waals surface area contributed by atoms with Crippen LogP contribution >= 0.6 is 0 Å². The molecule has 0 saturated heterocycles. The third-order valence-electron chi connectivity index (χ3n) is 1.87. The van der Waals surface area contributed by atoms with Crippen LogP contribution in [0, 0.1) is 11.3 Å². The van der Waals surface area contributed by atoms with Gasteiger partial charge in [-0.2, -0.15) is 5.26 Å². The first-order valence-corrected chi connectivity index (χ1v) is 3.83. The molecule has 3 heteroatoms. The molecule has 0 aromatic heterocycles. The zero-order valence-electron chi connectivity index (χ0n) is 6.38. The minimum absolute atomic E-state index is 0.146. The summed E-state index contributed by atoms with van der Waals surface area (Å²) in [5.41, 5.74) is 0. The van der Waals surface area contributed by atoms with Crippen LogP contribution in [-0.4, -0.2) is 18.5 Å². The van der Waals surface area contributed by atoms with E-state index in [0.29, 0.717) is 18.6 Å². The molecule has 1 saturated carbocycles. The molecular formula is C8H11NO2. The van der Waals surface area contributed by atoms with E-state index in [4.69, 9.17) is 10.00 Å². The van der Waals surface area contributed by atoms with E-state index in [1.807, 2.05) is 6.07 Å². The zero-order valence-corrected chi connectivity index (χ0v) is 6.38. The van der Waals surface area contributed by atoms with Crippen LogP contribution in [-0.2, 0) is 9.53 Å². The van der Waals surface area contributed by atoms with Crippen LogP contribution < -0.4 is 0 Å². The van der Waals surface area contributed by atoms with Gasteiger partial charge in [0.2, 0.25) is 0 Å². The minimum Gasteiger partial charge on any atom is -0.363 e. The molecule has 1 aliphatic rings. The number of ketones is 1. The summed E-state index contributed by atoms with van der Waals surface area (Å²) in [7, 11) is 0. The van der Waals surface area contributed by atoms with Crippen LogP contribution in [0.1, 0.15) is 25.7 Å². The molecule has 1 rings (SSSR count). The first kappa shape index (κ1) is 8.22. The number of Topliss-reactive ketones (excluding diaryl/α,β-unsaturated/α-hetero) is 1. The van der Waals surface area contributed by atoms with Crippen molar-refractivity contribution in [1.82, 2.24) is 0 Å². The van der Waals surface area contributed by atoms with Gasteiger partial charge in [0.05, 0.1) is 12.2 Å². The summed E-state index contributed by atoms with van der Waals surface area (Å²) >= 11 is 0. The predicted octanol–water partition coefficient (Wildman–Crippen LogP) is 1.04. The normalized spacial score (nSPS) is 19.7. The number of hydrogen-bond donors (Lipinski definition) is 0. The molecule has 0 radical (unpaired) electrons. The van der Waals surface area contributed by atoms with Crippen molar-refractivity contribution >= 4 is 5.78 Å². The molecule has 60 valence electrons. The van der Waals surface area contributed by atoms with E-state index >= 15 is 0 Å². The van der Waals surface area contributed by atoms with E-state index in [9.17, 15) is 4.79 Å². The lowest BCUT2D eigenvalue weighted by molar-refractivity contribution is -0.122. The van der Waals surface area contributed by atoms with Crippen molar-refractivity contribution in [3.8, 4) is 6.07 Å². The van der Waals surface area contributed by atoms with Gasteiger partial charge in [-0.1, -0.05) is 0 Å². The second-order valence-corrected chi connectivity index (χ2v) is 2.71. The van der Waals surface area contributed by atoms with E-state index < -0.39 is 0 Å². The fourth-order valence-electron chi connectivity index (χ4n) is 1.24. The Labute approximate surface area is 66.0 Å². The smallest absolute Gasteiger partial charge is 0.134 e. The predicted molar refractivity (Wildman–Crippen MR) is 38.8 cm³/mol. The summed E-state index contributed by atoms with van der Waals surface area (Å²) in [6.45, 7) is 0.152. The van der Waals surface area contributed by atoms with Crippen molar-refractivity contribution in [1.29, 1.82) is 5.26 Å². The third-order valence-corrected chi connectivity index (χ3v) is 1.87. The molecule has 0 aromatic carbocycles. The first-order valence-electron chi connectivity index (χ1n) is 3.83. The van der Waals surface area contributed by atoms with Crippen molar-refractivity contribution in [2.75, 3.05) is 6.61 Å². The lowest BCUT2D eigenvalue weighted by Crippen LogP contribution is -2.21. The summed E-state index contributed by atoms with van der Waals surface area (Å²) in [5, 5.41) is 8.21. The fraction of sp³-hybridized carbons (Fsp3) is 0.750. The van der Waals surface area contributed by atoms with Gasteiger partial charge in [-0.15, -0.1) is 0 Å². The van der Waals surface area contributed by atoms with Crippen LogP contribution in [0.2, 0.25) is 0 Å².